The normalized spacial score (nSPS) is 20.3. The third-order valence-corrected chi connectivity index (χ3v) is 5.96. The van der Waals surface area contributed by atoms with E-state index in [0.29, 0.717) is 38.4 Å². The van der Waals surface area contributed by atoms with Gasteiger partial charge < -0.3 is 10.2 Å². The van der Waals surface area contributed by atoms with Gasteiger partial charge in [0.15, 0.2) is 0 Å². The number of carbonyl (C=O) groups is 2. The summed E-state index contributed by atoms with van der Waals surface area (Å²) in [5, 5.41) is 8.32. The minimum absolute atomic E-state index is 0.0266. The number of nitrogens with zero attached hydrogens (tertiary/aromatic N) is 3. The van der Waals surface area contributed by atoms with Gasteiger partial charge >= 0.3 is 0 Å². The quantitative estimate of drug-likeness (QED) is 0.660. The lowest BCUT2D eigenvalue weighted by molar-refractivity contribution is -0.126. The average Bonchev–Trinajstić information content (AvgIpc) is 3.17. The van der Waals surface area contributed by atoms with E-state index in [9.17, 15) is 9.59 Å². The average molecular weight is 413 g/mol. The Kier molecular flexibility index (Phi) is 3.60. The highest BCUT2D eigenvalue weighted by Crippen LogP contribution is 2.54. The van der Waals surface area contributed by atoms with Crippen LogP contribution in [0.15, 0.2) is 48.7 Å². The molecule has 2 aliphatic heterocycles. The maximum Gasteiger partial charge on any atom is 0.242 e. The van der Waals surface area contributed by atoms with Crippen molar-refractivity contribution in [3.8, 4) is 5.69 Å². The fourth-order valence-corrected chi connectivity index (χ4v) is 4.74. The van der Waals surface area contributed by atoms with Crippen molar-refractivity contribution in [1.29, 1.82) is 0 Å². The molecule has 140 valence electrons. The molecule has 5 rings (SSSR count). The molecule has 0 bridgehead atoms. The predicted octanol–water partition coefficient (Wildman–Crippen LogP) is 3.78. The van der Waals surface area contributed by atoms with E-state index in [1.54, 1.807) is 53.2 Å². The van der Waals surface area contributed by atoms with Gasteiger partial charge in [0.2, 0.25) is 11.8 Å². The van der Waals surface area contributed by atoms with Crippen LogP contribution in [0.4, 0.5) is 11.5 Å². The summed E-state index contributed by atoms with van der Waals surface area (Å²) >= 11 is 12.6. The SMILES string of the molecule is CN1C(=O)C2(CC(=O)Nc3c2cnn3-c2cccc(Cl)c2)c2c(Cl)cccc21. The predicted molar refractivity (Wildman–Crippen MR) is 107 cm³/mol. The van der Waals surface area contributed by atoms with Gasteiger partial charge in [0.1, 0.15) is 11.2 Å². The summed E-state index contributed by atoms with van der Waals surface area (Å²) in [7, 11) is 1.69. The Labute approximate surface area is 170 Å². The molecule has 1 unspecified atom stereocenters. The van der Waals surface area contributed by atoms with Crippen LogP contribution in [0.3, 0.4) is 0 Å². The number of rotatable bonds is 1. The van der Waals surface area contributed by atoms with Crippen molar-refractivity contribution >= 4 is 46.5 Å². The minimum Gasteiger partial charge on any atom is -0.314 e. The second-order valence-electron chi connectivity index (χ2n) is 6.93. The Balaban J connectivity index is 1.81. The van der Waals surface area contributed by atoms with Crippen LogP contribution in [0.5, 0.6) is 0 Å². The second kappa shape index (κ2) is 5.83. The number of likely N-dealkylation sites (N-methyl/N-ethyl adjacent to an activating group) is 1. The maximum absolute atomic E-state index is 13.4. The van der Waals surface area contributed by atoms with E-state index in [1.165, 1.54) is 0 Å². The number of benzene rings is 2. The number of hydrogen-bond acceptors (Lipinski definition) is 3. The molecule has 0 saturated heterocycles. The largest absolute Gasteiger partial charge is 0.314 e. The van der Waals surface area contributed by atoms with Crippen molar-refractivity contribution in [2.24, 2.45) is 0 Å². The molecule has 28 heavy (non-hydrogen) atoms. The van der Waals surface area contributed by atoms with E-state index in [0.717, 1.165) is 0 Å². The Hall–Kier alpha value is -2.83. The van der Waals surface area contributed by atoms with E-state index < -0.39 is 5.41 Å². The molecular formula is C20H14Cl2N4O2. The molecule has 8 heteroatoms. The summed E-state index contributed by atoms with van der Waals surface area (Å²) in [4.78, 5) is 27.7. The van der Waals surface area contributed by atoms with Gasteiger partial charge in [-0.05, 0) is 30.3 Å². The van der Waals surface area contributed by atoms with Gasteiger partial charge in [-0.3, -0.25) is 9.59 Å². The molecule has 3 aromatic rings. The molecule has 0 aliphatic carbocycles. The number of carbonyl (C=O) groups excluding carboxylic acids is 2. The zero-order valence-corrected chi connectivity index (χ0v) is 16.3. The molecule has 3 heterocycles. The Morgan fingerprint density at radius 1 is 1.14 bits per heavy atom. The number of fused-ring (bicyclic) bond motifs is 4. The zero-order valence-electron chi connectivity index (χ0n) is 14.7. The van der Waals surface area contributed by atoms with Gasteiger partial charge in [0.25, 0.3) is 0 Å². The molecule has 1 spiro atoms. The topological polar surface area (TPSA) is 67.2 Å². The number of halogens is 2. The lowest BCUT2D eigenvalue weighted by Crippen LogP contribution is -2.45. The monoisotopic (exact) mass is 412 g/mol. The van der Waals surface area contributed by atoms with E-state index in [2.05, 4.69) is 10.4 Å². The lowest BCUT2D eigenvalue weighted by atomic mass is 9.71. The van der Waals surface area contributed by atoms with Crippen LogP contribution in [-0.4, -0.2) is 28.6 Å². The van der Waals surface area contributed by atoms with E-state index in [-0.39, 0.29) is 18.2 Å². The molecule has 0 fully saturated rings. The van der Waals surface area contributed by atoms with E-state index in [1.807, 2.05) is 12.1 Å². The lowest BCUT2D eigenvalue weighted by Gasteiger charge is -2.32. The maximum atomic E-state index is 13.4. The van der Waals surface area contributed by atoms with Gasteiger partial charge in [0.05, 0.1) is 11.9 Å². The molecule has 1 N–H and O–H groups in total. The van der Waals surface area contributed by atoms with E-state index >= 15 is 0 Å². The first-order chi connectivity index (χ1) is 13.4. The van der Waals surface area contributed by atoms with Crippen LogP contribution in [-0.2, 0) is 15.0 Å². The van der Waals surface area contributed by atoms with Gasteiger partial charge in [-0.1, -0.05) is 35.3 Å². The van der Waals surface area contributed by atoms with Gasteiger partial charge in [-0.15, -0.1) is 0 Å². The fraction of sp³-hybridized carbons (Fsp3) is 0.150. The van der Waals surface area contributed by atoms with Crippen LogP contribution in [0.25, 0.3) is 5.69 Å². The standard InChI is InChI=1S/C20H14Cl2N4O2/c1-25-15-7-3-6-14(22)17(15)20(19(25)28)9-16(27)24-18-13(20)10-23-26(18)12-5-2-4-11(21)8-12/h2-8,10H,9H2,1H3,(H,24,27). The molecule has 0 saturated carbocycles. The van der Waals surface area contributed by atoms with Crippen molar-refractivity contribution in [2.45, 2.75) is 11.8 Å². The summed E-state index contributed by atoms with van der Waals surface area (Å²) < 4.78 is 1.59. The second-order valence-corrected chi connectivity index (χ2v) is 7.77. The summed E-state index contributed by atoms with van der Waals surface area (Å²) in [6.07, 6.45) is 1.60. The van der Waals surface area contributed by atoms with Crippen molar-refractivity contribution in [3.05, 3.63) is 69.8 Å². The molecule has 1 aromatic heterocycles. The number of nitrogens with one attached hydrogen (secondary N) is 1. The summed E-state index contributed by atoms with van der Waals surface area (Å²) in [5.74, 6) is -0.0174. The van der Waals surface area contributed by atoms with Crippen LogP contribution in [0.1, 0.15) is 17.5 Å². The van der Waals surface area contributed by atoms with Crippen molar-refractivity contribution in [1.82, 2.24) is 9.78 Å². The Morgan fingerprint density at radius 2 is 1.93 bits per heavy atom. The van der Waals surface area contributed by atoms with Crippen molar-refractivity contribution in [2.75, 3.05) is 17.3 Å². The van der Waals surface area contributed by atoms with E-state index in [4.69, 9.17) is 23.2 Å². The summed E-state index contributed by atoms with van der Waals surface area (Å²) in [6.45, 7) is 0. The molecule has 2 amide bonds. The number of aromatic nitrogens is 2. The zero-order chi connectivity index (χ0) is 19.6. The van der Waals surface area contributed by atoms with Gasteiger partial charge in [0, 0.05) is 40.3 Å². The molecule has 6 nitrogen and oxygen atoms in total. The number of hydrogen-bond donors (Lipinski definition) is 1. The summed E-state index contributed by atoms with van der Waals surface area (Å²) in [5.41, 5.74) is 1.45. The highest BCUT2D eigenvalue weighted by molar-refractivity contribution is 6.34. The molecule has 2 aliphatic rings. The third kappa shape index (κ3) is 2.13. The van der Waals surface area contributed by atoms with Gasteiger partial charge in [-0.25, -0.2) is 4.68 Å². The van der Waals surface area contributed by atoms with Crippen LogP contribution < -0.4 is 10.2 Å². The highest BCUT2D eigenvalue weighted by Gasteiger charge is 2.57. The third-order valence-electron chi connectivity index (χ3n) is 5.41. The number of amides is 2. The first-order valence-corrected chi connectivity index (χ1v) is 9.40. The van der Waals surface area contributed by atoms with Crippen LogP contribution in [0, 0.1) is 0 Å². The number of anilines is 2. The molecule has 1 atom stereocenters. The van der Waals surface area contributed by atoms with Crippen molar-refractivity contribution < 1.29 is 9.59 Å². The Bertz CT molecular complexity index is 1170. The molecule has 2 aromatic carbocycles. The van der Waals surface area contributed by atoms with Crippen LogP contribution >= 0.6 is 23.2 Å². The first-order valence-electron chi connectivity index (χ1n) is 8.65. The summed E-state index contributed by atoms with van der Waals surface area (Å²) in [6, 6.07) is 12.5. The Morgan fingerprint density at radius 3 is 2.71 bits per heavy atom. The smallest absolute Gasteiger partial charge is 0.242 e. The van der Waals surface area contributed by atoms with Crippen LogP contribution in [0.2, 0.25) is 10.0 Å². The fourth-order valence-electron chi connectivity index (χ4n) is 4.23. The molecule has 0 radical (unpaired) electrons. The highest BCUT2D eigenvalue weighted by atomic mass is 35.5. The minimum atomic E-state index is -1.20. The van der Waals surface area contributed by atoms with Crippen molar-refractivity contribution in [3.63, 3.8) is 0 Å². The first kappa shape index (κ1) is 17.3. The molecular weight excluding hydrogens is 399 g/mol. The van der Waals surface area contributed by atoms with Gasteiger partial charge in [-0.2, -0.15) is 5.10 Å².